The zero-order valence-corrected chi connectivity index (χ0v) is 7.86. The van der Waals surface area contributed by atoms with E-state index < -0.39 is 0 Å². The van der Waals surface area contributed by atoms with Gasteiger partial charge in [-0.3, -0.25) is 4.79 Å². The first kappa shape index (κ1) is 8.95. The predicted molar refractivity (Wildman–Crippen MR) is 48.4 cm³/mol. The average Bonchev–Trinajstić information content (AvgIpc) is 2.34. The standard InChI is InChI=1S/C9H9NOS/c1-6-7(2)12-5-8(6)9(11)3-4-10/h5H,3H2,1-2H3. The highest BCUT2D eigenvalue weighted by Gasteiger charge is 2.11. The molecule has 1 heterocycles. The fraction of sp³-hybridized carbons (Fsp3) is 0.333. The van der Waals surface area contributed by atoms with Crippen molar-refractivity contribution in [3.63, 3.8) is 0 Å². The third-order valence-electron chi connectivity index (χ3n) is 1.83. The lowest BCUT2D eigenvalue weighted by Crippen LogP contribution is -1.97. The summed E-state index contributed by atoms with van der Waals surface area (Å²) in [7, 11) is 0. The van der Waals surface area contributed by atoms with E-state index in [4.69, 9.17) is 5.26 Å². The summed E-state index contributed by atoms with van der Waals surface area (Å²) >= 11 is 1.55. The lowest BCUT2D eigenvalue weighted by atomic mass is 10.1. The van der Waals surface area contributed by atoms with Gasteiger partial charge in [-0.15, -0.1) is 11.3 Å². The van der Waals surface area contributed by atoms with Gasteiger partial charge in [0.1, 0.15) is 0 Å². The summed E-state index contributed by atoms with van der Waals surface area (Å²) in [5.41, 5.74) is 1.72. The first-order valence-electron chi connectivity index (χ1n) is 3.61. The van der Waals surface area contributed by atoms with Gasteiger partial charge < -0.3 is 0 Å². The number of hydrogen-bond donors (Lipinski definition) is 0. The molecule has 0 unspecified atom stereocenters. The van der Waals surface area contributed by atoms with Crippen molar-refractivity contribution < 1.29 is 4.79 Å². The zero-order valence-electron chi connectivity index (χ0n) is 7.05. The van der Waals surface area contributed by atoms with Crippen LogP contribution in [-0.4, -0.2) is 5.78 Å². The number of nitriles is 1. The second-order valence-corrected chi connectivity index (χ2v) is 3.67. The number of thiophene rings is 1. The average molecular weight is 179 g/mol. The summed E-state index contributed by atoms with van der Waals surface area (Å²) in [5.74, 6) is -0.0700. The van der Waals surface area contributed by atoms with Crippen LogP contribution in [0.5, 0.6) is 0 Å². The van der Waals surface area contributed by atoms with Crippen LogP contribution < -0.4 is 0 Å². The maximum absolute atomic E-state index is 11.3. The van der Waals surface area contributed by atoms with Gasteiger partial charge in [-0.2, -0.15) is 5.26 Å². The Hall–Kier alpha value is -1.14. The zero-order chi connectivity index (χ0) is 9.14. The highest BCUT2D eigenvalue weighted by molar-refractivity contribution is 7.10. The molecule has 0 spiro atoms. The van der Waals surface area contributed by atoms with Crippen LogP contribution in [0.3, 0.4) is 0 Å². The van der Waals surface area contributed by atoms with Crippen LogP contribution in [0.2, 0.25) is 0 Å². The molecule has 1 aromatic heterocycles. The van der Waals surface area contributed by atoms with Crippen molar-refractivity contribution in [2.45, 2.75) is 20.3 Å². The maximum Gasteiger partial charge on any atom is 0.178 e. The molecule has 0 radical (unpaired) electrons. The van der Waals surface area contributed by atoms with Crippen molar-refractivity contribution in [1.82, 2.24) is 0 Å². The van der Waals surface area contributed by atoms with E-state index in [9.17, 15) is 4.79 Å². The molecule has 3 heteroatoms. The largest absolute Gasteiger partial charge is 0.293 e. The Morgan fingerprint density at radius 3 is 2.75 bits per heavy atom. The second kappa shape index (κ2) is 3.51. The van der Waals surface area contributed by atoms with Gasteiger partial charge in [-0.05, 0) is 19.4 Å². The molecule has 0 aliphatic carbocycles. The molecule has 12 heavy (non-hydrogen) atoms. The van der Waals surface area contributed by atoms with Crippen LogP contribution in [0.4, 0.5) is 0 Å². The maximum atomic E-state index is 11.3. The molecule has 62 valence electrons. The van der Waals surface area contributed by atoms with Gasteiger partial charge >= 0.3 is 0 Å². The summed E-state index contributed by atoms with van der Waals surface area (Å²) in [6.07, 6.45) is -0.0169. The molecule has 0 saturated carbocycles. The molecule has 0 aromatic carbocycles. The van der Waals surface area contributed by atoms with E-state index in [0.717, 1.165) is 10.4 Å². The number of aryl methyl sites for hydroxylation is 1. The van der Waals surface area contributed by atoms with Crippen LogP contribution in [0.1, 0.15) is 27.2 Å². The Morgan fingerprint density at radius 2 is 2.33 bits per heavy atom. The Kier molecular flexibility index (Phi) is 2.61. The van der Waals surface area contributed by atoms with Crippen LogP contribution in [0.15, 0.2) is 5.38 Å². The van der Waals surface area contributed by atoms with Crippen molar-refractivity contribution in [2.75, 3.05) is 0 Å². The normalized spacial score (nSPS) is 9.42. The second-order valence-electron chi connectivity index (χ2n) is 2.59. The lowest BCUT2D eigenvalue weighted by Gasteiger charge is -1.93. The summed E-state index contributed by atoms with van der Waals surface area (Å²) in [6, 6.07) is 1.86. The Bertz CT molecular complexity index is 346. The molecular weight excluding hydrogens is 170 g/mol. The van der Waals surface area contributed by atoms with Crippen molar-refractivity contribution in [3.8, 4) is 6.07 Å². The molecule has 0 N–H and O–H groups in total. The molecule has 0 bridgehead atoms. The fourth-order valence-corrected chi connectivity index (χ4v) is 1.85. The van der Waals surface area contributed by atoms with Crippen molar-refractivity contribution >= 4 is 17.1 Å². The van der Waals surface area contributed by atoms with E-state index in [-0.39, 0.29) is 12.2 Å². The van der Waals surface area contributed by atoms with Crippen molar-refractivity contribution in [2.24, 2.45) is 0 Å². The number of Topliss-reactive ketones (excluding diaryl/α,β-unsaturated/α-hetero) is 1. The van der Waals surface area contributed by atoms with Crippen LogP contribution in [0, 0.1) is 25.2 Å². The predicted octanol–water partition coefficient (Wildman–Crippen LogP) is 2.46. The van der Waals surface area contributed by atoms with Gasteiger partial charge in [-0.25, -0.2) is 0 Å². The first-order valence-corrected chi connectivity index (χ1v) is 4.49. The van der Waals surface area contributed by atoms with Crippen LogP contribution >= 0.6 is 11.3 Å². The van der Waals surface area contributed by atoms with Gasteiger partial charge in [0.15, 0.2) is 5.78 Å². The quantitative estimate of drug-likeness (QED) is 0.654. The molecule has 0 aliphatic heterocycles. The lowest BCUT2D eigenvalue weighted by molar-refractivity contribution is 0.0997. The summed E-state index contributed by atoms with van der Waals surface area (Å²) in [4.78, 5) is 12.4. The van der Waals surface area contributed by atoms with Gasteiger partial charge in [-0.1, -0.05) is 0 Å². The minimum atomic E-state index is -0.0700. The van der Waals surface area contributed by atoms with E-state index in [1.807, 2.05) is 25.3 Å². The first-order chi connectivity index (χ1) is 5.66. The van der Waals surface area contributed by atoms with E-state index in [1.165, 1.54) is 0 Å². The Morgan fingerprint density at radius 1 is 1.67 bits per heavy atom. The summed E-state index contributed by atoms with van der Waals surface area (Å²) in [5, 5.41) is 10.2. The highest BCUT2D eigenvalue weighted by Crippen LogP contribution is 2.21. The minimum absolute atomic E-state index is 0.0169. The van der Waals surface area contributed by atoms with Gasteiger partial charge in [0.25, 0.3) is 0 Å². The van der Waals surface area contributed by atoms with E-state index >= 15 is 0 Å². The van der Waals surface area contributed by atoms with Crippen molar-refractivity contribution in [1.29, 1.82) is 5.26 Å². The third-order valence-corrected chi connectivity index (χ3v) is 2.84. The molecule has 0 saturated heterocycles. The van der Waals surface area contributed by atoms with Crippen LogP contribution in [0.25, 0.3) is 0 Å². The number of ketones is 1. The summed E-state index contributed by atoms with van der Waals surface area (Å²) < 4.78 is 0. The van der Waals surface area contributed by atoms with E-state index in [0.29, 0.717) is 5.56 Å². The van der Waals surface area contributed by atoms with E-state index in [1.54, 1.807) is 11.3 Å². The summed E-state index contributed by atoms with van der Waals surface area (Å²) in [6.45, 7) is 3.89. The Balaban J connectivity index is 2.97. The smallest absolute Gasteiger partial charge is 0.178 e. The molecule has 2 nitrogen and oxygen atoms in total. The molecule has 0 aliphatic rings. The molecular formula is C9H9NOS. The molecule has 0 amide bonds. The third kappa shape index (κ3) is 1.54. The minimum Gasteiger partial charge on any atom is -0.293 e. The van der Waals surface area contributed by atoms with Gasteiger partial charge in [0.05, 0.1) is 12.5 Å². The number of carbonyl (C=O) groups excluding carboxylic acids is 1. The monoisotopic (exact) mass is 179 g/mol. The molecule has 0 fully saturated rings. The molecule has 1 rings (SSSR count). The Labute approximate surface area is 75.5 Å². The van der Waals surface area contributed by atoms with Gasteiger partial charge in [0.2, 0.25) is 0 Å². The topological polar surface area (TPSA) is 40.9 Å². The molecule has 1 aromatic rings. The van der Waals surface area contributed by atoms with Crippen molar-refractivity contribution in [3.05, 3.63) is 21.4 Å². The fourth-order valence-electron chi connectivity index (χ4n) is 0.956. The van der Waals surface area contributed by atoms with Crippen LogP contribution in [-0.2, 0) is 0 Å². The number of hydrogen-bond acceptors (Lipinski definition) is 3. The highest BCUT2D eigenvalue weighted by atomic mass is 32.1. The van der Waals surface area contributed by atoms with Gasteiger partial charge in [0, 0.05) is 15.8 Å². The number of rotatable bonds is 2. The van der Waals surface area contributed by atoms with E-state index in [2.05, 4.69) is 0 Å². The molecule has 0 atom stereocenters. The number of nitrogens with zero attached hydrogens (tertiary/aromatic N) is 1. The SMILES string of the molecule is Cc1scc(C(=O)CC#N)c1C. The number of carbonyl (C=O) groups is 1.